The van der Waals surface area contributed by atoms with Crippen LogP contribution in [-0.4, -0.2) is 36.9 Å². The van der Waals surface area contributed by atoms with Crippen molar-refractivity contribution in [2.75, 3.05) is 6.54 Å². The average molecular weight is 335 g/mol. The van der Waals surface area contributed by atoms with Crippen molar-refractivity contribution < 1.29 is 4.79 Å². The average Bonchev–Trinajstić information content (AvgIpc) is 3.34. The lowest BCUT2D eigenvalue weighted by atomic mass is 10.1. The Morgan fingerprint density at radius 3 is 2.88 bits per heavy atom. The monoisotopic (exact) mass is 335 g/mol. The molecule has 4 rings (SSSR count). The predicted molar refractivity (Wildman–Crippen MR) is 94.5 cm³/mol. The first-order valence-electron chi connectivity index (χ1n) is 8.54. The fourth-order valence-corrected chi connectivity index (χ4v) is 3.47. The lowest BCUT2D eigenvalue weighted by Gasteiger charge is -2.24. The molecule has 0 saturated carbocycles. The molecule has 1 atom stereocenters. The van der Waals surface area contributed by atoms with E-state index >= 15 is 0 Å². The molecular formula is C19H21N5O. The maximum atomic E-state index is 13.1. The number of carbonyl (C=O) groups is 1. The Morgan fingerprint density at radius 1 is 1.28 bits per heavy atom. The van der Waals surface area contributed by atoms with Crippen molar-refractivity contribution in [3.8, 4) is 5.69 Å². The Morgan fingerprint density at radius 2 is 2.16 bits per heavy atom. The molecule has 0 spiro atoms. The minimum Gasteiger partial charge on any atom is -0.331 e. The number of likely N-dealkylation sites (tertiary alicyclic amines) is 1. The summed E-state index contributed by atoms with van der Waals surface area (Å²) < 4.78 is 3.59. The SMILES string of the molecule is Cc1ccn(-c2cccc(C(=O)N3CCC[C@H]3c3cnn(C)c3)c2)n1. The van der Waals surface area contributed by atoms with Crippen molar-refractivity contribution in [2.45, 2.75) is 25.8 Å². The van der Waals surface area contributed by atoms with Gasteiger partial charge in [0.25, 0.3) is 5.91 Å². The summed E-state index contributed by atoms with van der Waals surface area (Å²) in [6, 6.07) is 9.72. The van der Waals surface area contributed by atoms with Gasteiger partial charge in [0.15, 0.2) is 0 Å². The third kappa shape index (κ3) is 2.95. The minimum absolute atomic E-state index is 0.0667. The van der Waals surface area contributed by atoms with Crippen LogP contribution in [0, 0.1) is 6.92 Å². The fourth-order valence-electron chi connectivity index (χ4n) is 3.47. The second-order valence-corrected chi connectivity index (χ2v) is 6.56. The summed E-state index contributed by atoms with van der Waals surface area (Å²) in [7, 11) is 1.90. The molecule has 1 aromatic carbocycles. The van der Waals surface area contributed by atoms with Gasteiger partial charge >= 0.3 is 0 Å². The van der Waals surface area contributed by atoms with Gasteiger partial charge in [-0.2, -0.15) is 10.2 Å². The molecule has 1 amide bonds. The maximum Gasteiger partial charge on any atom is 0.254 e. The summed E-state index contributed by atoms with van der Waals surface area (Å²) >= 11 is 0. The van der Waals surface area contributed by atoms with Crippen LogP contribution in [0.3, 0.4) is 0 Å². The Labute approximate surface area is 146 Å². The first kappa shape index (κ1) is 15.6. The van der Waals surface area contributed by atoms with Crippen LogP contribution < -0.4 is 0 Å². The van der Waals surface area contributed by atoms with E-state index in [0.29, 0.717) is 5.56 Å². The number of benzene rings is 1. The smallest absolute Gasteiger partial charge is 0.254 e. The molecule has 25 heavy (non-hydrogen) atoms. The van der Waals surface area contributed by atoms with Crippen molar-refractivity contribution in [2.24, 2.45) is 7.05 Å². The molecule has 1 aliphatic heterocycles. The second-order valence-electron chi connectivity index (χ2n) is 6.56. The zero-order chi connectivity index (χ0) is 17.4. The van der Waals surface area contributed by atoms with Gasteiger partial charge in [-0.1, -0.05) is 6.07 Å². The van der Waals surface area contributed by atoms with Gasteiger partial charge in [-0.3, -0.25) is 9.48 Å². The lowest BCUT2D eigenvalue weighted by molar-refractivity contribution is 0.0735. The molecule has 2 aromatic heterocycles. The van der Waals surface area contributed by atoms with Crippen molar-refractivity contribution in [1.82, 2.24) is 24.5 Å². The number of nitrogens with zero attached hydrogens (tertiary/aromatic N) is 5. The van der Waals surface area contributed by atoms with Crippen molar-refractivity contribution >= 4 is 5.91 Å². The summed E-state index contributed by atoms with van der Waals surface area (Å²) in [6.45, 7) is 2.73. The van der Waals surface area contributed by atoms with Crippen LogP contribution in [0.25, 0.3) is 5.69 Å². The quantitative estimate of drug-likeness (QED) is 0.739. The van der Waals surface area contributed by atoms with Gasteiger partial charge in [0.2, 0.25) is 0 Å². The van der Waals surface area contributed by atoms with Gasteiger partial charge in [-0.05, 0) is 44.0 Å². The molecule has 1 fully saturated rings. The molecule has 3 aromatic rings. The Hall–Kier alpha value is -2.89. The number of hydrogen-bond acceptors (Lipinski definition) is 3. The zero-order valence-corrected chi connectivity index (χ0v) is 14.5. The highest BCUT2D eigenvalue weighted by Crippen LogP contribution is 2.33. The summed E-state index contributed by atoms with van der Waals surface area (Å²) in [4.78, 5) is 15.1. The molecule has 0 bridgehead atoms. The number of hydrogen-bond donors (Lipinski definition) is 0. The van der Waals surface area contributed by atoms with E-state index in [1.54, 1.807) is 9.36 Å². The standard InChI is InChI=1S/C19H21N5O/c1-14-8-10-24(21-14)17-6-3-5-15(11-17)19(25)23-9-4-7-18(23)16-12-20-22(2)13-16/h3,5-6,8,10-13,18H,4,7,9H2,1-2H3/t18-/m0/s1. The Balaban J connectivity index is 1.62. The number of aryl methyl sites for hydroxylation is 2. The molecular weight excluding hydrogens is 314 g/mol. The molecule has 0 N–H and O–H groups in total. The van der Waals surface area contributed by atoms with Crippen LogP contribution in [0.2, 0.25) is 0 Å². The lowest BCUT2D eigenvalue weighted by Crippen LogP contribution is -2.30. The third-order valence-electron chi connectivity index (χ3n) is 4.70. The fraction of sp³-hybridized carbons (Fsp3) is 0.316. The highest BCUT2D eigenvalue weighted by Gasteiger charge is 2.31. The molecule has 3 heterocycles. The van der Waals surface area contributed by atoms with Gasteiger partial charge in [0.05, 0.1) is 23.6 Å². The number of amides is 1. The van der Waals surface area contributed by atoms with Crippen LogP contribution in [0.5, 0.6) is 0 Å². The van der Waals surface area contributed by atoms with Crippen LogP contribution in [-0.2, 0) is 7.05 Å². The molecule has 0 unspecified atom stereocenters. The normalized spacial score (nSPS) is 17.2. The summed E-state index contributed by atoms with van der Waals surface area (Å²) in [5.74, 6) is 0.0667. The van der Waals surface area contributed by atoms with Crippen LogP contribution >= 0.6 is 0 Å². The molecule has 1 aliphatic rings. The van der Waals surface area contributed by atoms with Crippen LogP contribution in [0.1, 0.15) is 40.5 Å². The van der Waals surface area contributed by atoms with Crippen LogP contribution in [0.4, 0.5) is 0 Å². The minimum atomic E-state index is 0.0667. The van der Waals surface area contributed by atoms with Crippen molar-refractivity contribution in [1.29, 1.82) is 0 Å². The molecule has 6 nitrogen and oxygen atoms in total. The highest BCUT2D eigenvalue weighted by atomic mass is 16.2. The van der Waals surface area contributed by atoms with Crippen molar-refractivity contribution in [3.05, 3.63) is 65.7 Å². The van der Waals surface area contributed by atoms with Crippen molar-refractivity contribution in [3.63, 3.8) is 0 Å². The molecule has 128 valence electrons. The second kappa shape index (κ2) is 6.20. The summed E-state index contributed by atoms with van der Waals surface area (Å²) in [6.07, 6.45) is 7.77. The van der Waals surface area contributed by atoms with E-state index in [-0.39, 0.29) is 11.9 Å². The Bertz CT molecular complexity index is 910. The van der Waals surface area contributed by atoms with E-state index in [4.69, 9.17) is 0 Å². The third-order valence-corrected chi connectivity index (χ3v) is 4.70. The zero-order valence-electron chi connectivity index (χ0n) is 14.5. The predicted octanol–water partition coefficient (Wildman–Crippen LogP) is 2.89. The van der Waals surface area contributed by atoms with Gasteiger partial charge in [0.1, 0.15) is 0 Å². The van der Waals surface area contributed by atoms with Gasteiger partial charge < -0.3 is 4.90 Å². The molecule has 1 saturated heterocycles. The van der Waals surface area contributed by atoms with E-state index in [2.05, 4.69) is 10.2 Å². The van der Waals surface area contributed by atoms with Gasteiger partial charge in [-0.25, -0.2) is 4.68 Å². The molecule has 0 aliphatic carbocycles. The summed E-state index contributed by atoms with van der Waals surface area (Å²) in [5, 5.41) is 8.68. The van der Waals surface area contributed by atoms with E-state index in [1.807, 2.05) is 67.8 Å². The first-order valence-corrected chi connectivity index (χ1v) is 8.54. The number of carbonyl (C=O) groups excluding carboxylic acids is 1. The largest absolute Gasteiger partial charge is 0.331 e. The first-order chi connectivity index (χ1) is 12.1. The van der Waals surface area contributed by atoms with Crippen LogP contribution in [0.15, 0.2) is 48.9 Å². The number of rotatable bonds is 3. The highest BCUT2D eigenvalue weighted by molar-refractivity contribution is 5.95. The molecule has 0 radical (unpaired) electrons. The van der Waals surface area contributed by atoms with E-state index in [0.717, 1.165) is 36.3 Å². The maximum absolute atomic E-state index is 13.1. The number of aromatic nitrogens is 4. The topological polar surface area (TPSA) is 56.0 Å². The van der Waals surface area contributed by atoms with Gasteiger partial charge in [0, 0.05) is 37.1 Å². The van der Waals surface area contributed by atoms with Gasteiger partial charge in [-0.15, -0.1) is 0 Å². The molecule has 6 heteroatoms. The van der Waals surface area contributed by atoms with E-state index in [1.165, 1.54) is 0 Å². The summed E-state index contributed by atoms with van der Waals surface area (Å²) in [5.41, 5.74) is 3.65. The van der Waals surface area contributed by atoms with E-state index in [9.17, 15) is 4.79 Å². The Kier molecular flexibility index (Phi) is 3.87. The van der Waals surface area contributed by atoms with E-state index < -0.39 is 0 Å².